The predicted molar refractivity (Wildman–Crippen MR) is 74.4 cm³/mol. The molecule has 3 heteroatoms. The fourth-order valence-electron chi connectivity index (χ4n) is 3.37. The monoisotopic (exact) mass is 252 g/mol. The van der Waals surface area contributed by atoms with E-state index in [9.17, 15) is 4.79 Å². The van der Waals surface area contributed by atoms with E-state index in [1.807, 2.05) is 0 Å². The van der Waals surface area contributed by atoms with Crippen molar-refractivity contribution in [2.45, 2.75) is 76.8 Å². The van der Waals surface area contributed by atoms with Gasteiger partial charge in [-0.05, 0) is 58.4 Å². The van der Waals surface area contributed by atoms with E-state index in [2.05, 4.69) is 24.5 Å². The fraction of sp³-hybridized carbons (Fsp3) is 0.933. The molecule has 2 fully saturated rings. The Morgan fingerprint density at radius 2 is 1.94 bits per heavy atom. The van der Waals surface area contributed by atoms with Crippen LogP contribution >= 0.6 is 0 Å². The van der Waals surface area contributed by atoms with Gasteiger partial charge in [0.25, 0.3) is 0 Å². The van der Waals surface area contributed by atoms with Crippen LogP contribution in [0.1, 0.15) is 65.2 Å². The Labute approximate surface area is 111 Å². The molecule has 1 saturated heterocycles. The first-order valence-corrected chi connectivity index (χ1v) is 7.68. The molecule has 2 rings (SSSR count). The molecule has 3 nitrogen and oxygen atoms in total. The van der Waals surface area contributed by atoms with E-state index in [4.69, 9.17) is 0 Å². The topological polar surface area (TPSA) is 41.1 Å². The highest BCUT2D eigenvalue weighted by molar-refractivity contribution is 5.86. The second-order valence-corrected chi connectivity index (χ2v) is 6.38. The lowest BCUT2D eigenvalue weighted by atomic mass is 9.83. The van der Waals surface area contributed by atoms with Crippen LogP contribution in [-0.2, 0) is 4.79 Å². The van der Waals surface area contributed by atoms with Crippen LogP contribution in [0.15, 0.2) is 0 Å². The Balaban J connectivity index is 1.85. The largest absolute Gasteiger partial charge is 0.352 e. The van der Waals surface area contributed by atoms with E-state index >= 15 is 0 Å². The van der Waals surface area contributed by atoms with Crippen molar-refractivity contribution in [3.63, 3.8) is 0 Å². The molecule has 2 aliphatic rings. The first kappa shape index (κ1) is 13.9. The van der Waals surface area contributed by atoms with E-state index in [1.54, 1.807) is 0 Å². The molecule has 104 valence electrons. The predicted octanol–water partition coefficient (Wildman–Crippen LogP) is 2.60. The maximum absolute atomic E-state index is 12.4. The van der Waals surface area contributed by atoms with Crippen LogP contribution in [0.3, 0.4) is 0 Å². The van der Waals surface area contributed by atoms with Crippen LogP contribution < -0.4 is 10.6 Å². The summed E-state index contributed by atoms with van der Waals surface area (Å²) in [7, 11) is 0. The third-order valence-corrected chi connectivity index (χ3v) is 4.84. The summed E-state index contributed by atoms with van der Waals surface area (Å²) in [5.74, 6) is 0.898. The van der Waals surface area contributed by atoms with Gasteiger partial charge in [0.1, 0.15) is 0 Å². The zero-order chi connectivity index (χ0) is 13.0. The highest BCUT2D eigenvalue weighted by Crippen LogP contribution is 2.27. The maximum Gasteiger partial charge on any atom is 0.240 e. The summed E-state index contributed by atoms with van der Waals surface area (Å²) in [5.41, 5.74) is -0.332. The molecule has 1 aliphatic heterocycles. The number of amides is 1. The molecule has 0 radical (unpaired) electrons. The van der Waals surface area contributed by atoms with Crippen LogP contribution in [0.2, 0.25) is 0 Å². The number of piperidine rings is 1. The summed E-state index contributed by atoms with van der Waals surface area (Å²) < 4.78 is 0. The first-order chi connectivity index (χ1) is 8.62. The minimum Gasteiger partial charge on any atom is -0.352 e. The van der Waals surface area contributed by atoms with Gasteiger partial charge >= 0.3 is 0 Å². The molecular weight excluding hydrogens is 224 g/mol. The summed E-state index contributed by atoms with van der Waals surface area (Å²) in [6.07, 6.45) is 9.93. The number of rotatable bonds is 3. The van der Waals surface area contributed by atoms with Crippen LogP contribution in [0, 0.1) is 5.92 Å². The maximum atomic E-state index is 12.4. The zero-order valence-electron chi connectivity index (χ0n) is 11.9. The second-order valence-electron chi connectivity index (χ2n) is 6.38. The van der Waals surface area contributed by atoms with Crippen LogP contribution in [-0.4, -0.2) is 24.0 Å². The van der Waals surface area contributed by atoms with Crippen LogP contribution in [0.4, 0.5) is 0 Å². The Bertz CT molecular complexity index is 278. The summed E-state index contributed by atoms with van der Waals surface area (Å²) >= 11 is 0. The molecule has 1 amide bonds. The lowest BCUT2D eigenvalue weighted by molar-refractivity contribution is -0.129. The quantitative estimate of drug-likeness (QED) is 0.810. The number of hydrogen-bond donors (Lipinski definition) is 2. The van der Waals surface area contributed by atoms with Gasteiger partial charge in [0.15, 0.2) is 0 Å². The normalized spacial score (nSPS) is 31.9. The third kappa shape index (κ3) is 3.25. The lowest BCUT2D eigenvalue weighted by Gasteiger charge is -2.36. The minimum absolute atomic E-state index is 0.209. The molecule has 2 N–H and O–H groups in total. The highest BCUT2D eigenvalue weighted by atomic mass is 16.2. The summed E-state index contributed by atoms with van der Waals surface area (Å²) in [6, 6.07) is 0.332. The van der Waals surface area contributed by atoms with Gasteiger partial charge in [0.05, 0.1) is 5.54 Å². The van der Waals surface area contributed by atoms with E-state index in [1.165, 1.54) is 38.5 Å². The molecule has 0 aromatic heterocycles. The summed E-state index contributed by atoms with van der Waals surface area (Å²) in [6.45, 7) is 5.21. The number of carbonyl (C=O) groups is 1. The lowest BCUT2D eigenvalue weighted by Crippen LogP contribution is -2.59. The third-order valence-electron chi connectivity index (χ3n) is 4.84. The SMILES string of the molecule is C[C@@H](NC(=O)C1(C)CCCCN1)C1CCCCC1. The molecule has 1 unspecified atom stereocenters. The van der Waals surface area contributed by atoms with Gasteiger partial charge in [0, 0.05) is 6.04 Å². The van der Waals surface area contributed by atoms with Gasteiger partial charge in [-0.2, -0.15) is 0 Å². The molecule has 2 atom stereocenters. The van der Waals surface area contributed by atoms with Gasteiger partial charge < -0.3 is 10.6 Å². The van der Waals surface area contributed by atoms with E-state index in [0.29, 0.717) is 12.0 Å². The Hall–Kier alpha value is -0.570. The van der Waals surface area contributed by atoms with Crippen molar-refractivity contribution in [3.05, 3.63) is 0 Å². The number of nitrogens with one attached hydrogen (secondary N) is 2. The molecule has 1 heterocycles. The number of hydrogen-bond acceptors (Lipinski definition) is 2. The van der Waals surface area contributed by atoms with Crippen molar-refractivity contribution in [1.82, 2.24) is 10.6 Å². The van der Waals surface area contributed by atoms with Gasteiger partial charge in [-0.15, -0.1) is 0 Å². The molecule has 0 aromatic rings. The molecule has 1 saturated carbocycles. The number of carbonyl (C=O) groups excluding carboxylic acids is 1. The first-order valence-electron chi connectivity index (χ1n) is 7.68. The van der Waals surface area contributed by atoms with Crippen molar-refractivity contribution in [3.8, 4) is 0 Å². The zero-order valence-corrected chi connectivity index (χ0v) is 11.9. The van der Waals surface area contributed by atoms with Crippen molar-refractivity contribution in [1.29, 1.82) is 0 Å². The summed E-state index contributed by atoms with van der Waals surface area (Å²) in [4.78, 5) is 12.4. The van der Waals surface area contributed by atoms with Crippen molar-refractivity contribution >= 4 is 5.91 Å². The molecule has 1 aliphatic carbocycles. The van der Waals surface area contributed by atoms with E-state index in [0.717, 1.165) is 19.4 Å². The molecule has 18 heavy (non-hydrogen) atoms. The standard InChI is InChI=1S/C15H28N2O/c1-12(13-8-4-3-5-9-13)17-14(18)15(2)10-6-7-11-16-15/h12-13,16H,3-11H2,1-2H3,(H,17,18)/t12-,15?/m1/s1. The van der Waals surface area contributed by atoms with Crippen molar-refractivity contribution in [2.75, 3.05) is 6.54 Å². The molecular formula is C15H28N2O. The van der Waals surface area contributed by atoms with E-state index < -0.39 is 0 Å². The Morgan fingerprint density at radius 3 is 2.56 bits per heavy atom. The Kier molecular flexibility index (Phi) is 4.66. The van der Waals surface area contributed by atoms with Gasteiger partial charge in [-0.25, -0.2) is 0 Å². The molecule has 0 aromatic carbocycles. The average Bonchev–Trinajstić information content (AvgIpc) is 2.40. The van der Waals surface area contributed by atoms with Crippen molar-refractivity contribution < 1.29 is 4.79 Å². The van der Waals surface area contributed by atoms with Gasteiger partial charge in [-0.1, -0.05) is 19.3 Å². The molecule has 0 spiro atoms. The fourth-order valence-corrected chi connectivity index (χ4v) is 3.37. The van der Waals surface area contributed by atoms with Gasteiger partial charge in [0.2, 0.25) is 5.91 Å². The van der Waals surface area contributed by atoms with Crippen molar-refractivity contribution in [2.24, 2.45) is 5.92 Å². The van der Waals surface area contributed by atoms with E-state index in [-0.39, 0.29) is 11.4 Å². The van der Waals surface area contributed by atoms with Gasteiger partial charge in [-0.3, -0.25) is 4.79 Å². The smallest absolute Gasteiger partial charge is 0.240 e. The Morgan fingerprint density at radius 1 is 1.22 bits per heavy atom. The average molecular weight is 252 g/mol. The summed E-state index contributed by atoms with van der Waals surface area (Å²) in [5, 5.41) is 6.65. The second kappa shape index (κ2) is 6.05. The van der Waals surface area contributed by atoms with Crippen LogP contribution in [0.5, 0.6) is 0 Å². The minimum atomic E-state index is -0.332. The molecule has 0 bridgehead atoms. The van der Waals surface area contributed by atoms with Crippen LogP contribution in [0.25, 0.3) is 0 Å². The highest BCUT2D eigenvalue weighted by Gasteiger charge is 2.35.